The van der Waals surface area contributed by atoms with Crippen molar-refractivity contribution in [3.8, 4) is 11.1 Å². The number of aromatic nitrogens is 5. The number of carbonyl (C=O) groups excluding carboxylic acids is 1. The fraction of sp³-hybridized carbons (Fsp3) is 0.316. The largest absolute Gasteiger partial charge is 0.368 e. The maximum atomic E-state index is 13.0. The van der Waals surface area contributed by atoms with Gasteiger partial charge in [-0.1, -0.05) is 12.1 Å². The number of hydrogen-bond acceptors (Lipinski definition) is 6. The van der Waals surface area contributed by atoms with Gasteiger partial charge in [-0.15, -0.1) is 0 Å². The lowest BCUT2D eigenvalue weighted by molar-refractivity contribution is 0.0704. The highest BCUT2D eigenvalue weighted by atomic mass is 16.2. The average Bonchev–Trinajstić information content (AvgIpc) is 3.15. The topological polar surface area (TPSA) is 114 Å². The molecule has 1 aromatic carbocycles. The van der Waals surface area contributed by atoms with E-state index in [4.69, 9.17) is 5.73 Å². The lowest BCUT2D eigenvalue weighted by atomic mass is 9.96. The molecule has 1 atom stereocenters. The first-order valence-corrected chi connectivity index (χ1v) is 8.96. The highest BCUT2D eigenvalue weighted by molar-refractivity contribution is 5.95. The molecular formula is C19H21N7O. The van der Waals surface area contributed by atoms with Crippen LogP contribution in [0.3, 0.4) is 0 Å². The SMILES string of the molecule is Cc1nc([C@@H]2CCCN(C(=O)c3cccc(-c4cnc(N)nc4)c3)C2)n[nH]1. The number of amides is 1. The van der Waals surface area contributed by atoms with Crippen molar-refractivity contribution in [2.75, 3.05) is 18.8 Å². The second-order valence-corrected chi connectivity index (χ2v) is 6.78. The first-order chi connectivity index (χ1) is 13.1. The van der Waals surface area contributed by atoms with E-state index >= 15 is 0 Å². The maximum absolute atomic E-state index is 13.0. The van der Waals surface area contributed by atoms with Gasteiger partial charge < -0.3 is 10.6 Å². The van der Waals surface area contributed by atoms with Crippen molar-refractivity contribution in [2.45, 2.75) is 25.7 Å². The van der Waals surface area contributed by atoms with E-state index in [0.29, 0.717) is 12.1 Å². The molecular weight excluding hydrogens is 342 g/mol. The summed E-state index contributed by atoms with van der Waals surface area (Å²) in [7, 11) is 0. The molecule has 3 N–H and O–H groups in total. The van der Waals surface area contributed by atoms with E-state index in [1.54, 1.807) is 12.4 Å². The first kappa shape index (κ1) is 17.1. The Balaban J connectivity index is 1.53. The Morgan fingerprint density at radius 3 is 2.81 bits per heavy atom. The number of likely N-dealkylation sites (tertiary alicyclic amines) is 1. The molecule has 0 spiro atoms. The summed E-state index contributed by atoms with van der Waals surface area (Å²) >= 11 is 0. The van der Waals surface area contributed by atoms with Crippen molar-refractivity contribution in [1.29, 1.82) is 0 Å². The van der Waals surface area contributed by atoms with Gasteiger partial charge in [-0.2, -0.15) is 5.10 Å². The molecule has 8 nitrogen and oxygen atoms in total. The van der Waals surface area contributed by atoms with Crippen LogP contribution in [0.4, 0.5) is 5.95 Å². The molecule has 1 fully saturated rings. The fourth-order valence-corrected chi connectivity index (χ4v) is 3.42. The summed E-state index contributed by atoms with van der Waals surface area (Å²) in [5.41, 5.74) is 7.91. The zero-order valence-electron chi connectivity index (χ0n) is 15.1. The predicted octanol–water partition coefficient (Wildman–Crippen LogP) is 2.17. The molecule has 3 aromatic rings. The Labute approximate surface area is 156 Å². The predicted molar refractivity (Wildman–Crippen MR) is 101 cm³/mol. The number of H-pyrrole nitrogens is 1. The van der Waals surface area contributed by atoms with Gasteiger partial charge in [0, 0.05) is 42.5 Å². The third-order valence-electron chi connectivity index (χ3n) is 4.80. The lowest BCUT2D eigenvalue weighted by Crippen LogP contribution is -2.39. The van der Waals surface area contributed by atoms with Gasteiger partial charge in [0.15, 0.2) is 5.82 Å². The van der Waals surface area contributed by atoms with Crippen LogP contribution in [-0.4, -0.2) is 49.0 Å². The van der Waals surface area contributed by atoms with Gasteiger partial charge in [0.25, 0.3) is 5.91 Å². The van der Waals surface area contributed by atoms with Gasteiger partial charge in [-0.3, -0.25) is 9.89 Å². The summed E-state index contributed by atoms with van der Waals surface area (Å²) in [5, 5.41) is 7.15. The molecule has 1 aliphatic rings. The minimum Gasteiger partial charge on any atom is -0.368 e. The van der Waals surface area contributed by atoms with Crippen LogP contribution in [0.5, 0.6) is 0 Å². The number of nitrogens with zero attached hydrogens (tertiary/aromatic N) is 5. The molecule has 0 bridgehead atoms. The molecule has 1 amide bonds. The van der Waals surface area contributed by atoms with Crippen molar-refractivity contribution in [3.63, 3.8) is 0 Å². The van der Waals surface area contributed by atoms with Crippen LogP contribution in [0, 0.1) is 6.92 Å². The minimum atomic E-state index is 0.0187. The first-order valence-electron chi connectivity index (χ1n) is 8.96. The zero-order chi connectivity index (χ0) is 18.8. The molecule has 0 radical (unpaired) electrons. The number of nitrogen functional groups attached to an aromatic ring is 1. The van der Waals surface area contributed by atoms with Crippen molar-refractivity contribution in [3.05, 3.63) is 53.9 Å². The van der Waals surface area contributed by atoms with E-state index in [9.17, 15) is 4.79 Å². The van der Waals surface area contributed by atoms with Crippen molar-refractivity contribution in [2.24, 2.45) is 0 Å². The lowest BCUT2D eigenvalue weighted by Gasteiger charge is -2.31. The Hall–Kier alpha value is -3.29. The van der Waals surface area contributed by atoms with Crippen LogP contribution in [0.1, 0.15) is 40.8 Å². The number of benzene rings is 1. The van der Waals surface area contributed by atoms with Gasteiger partial charge in [0.05, 0.1) is 0 Å². The number of aromatic amines is 1. The van der Waals surface area contributed by atoms with E-state index in [1.165, 1.54) is 0 Å². The van der Waals surface area contributed by atoms with Crippen LogP contribution in [-0.2, 0) is 0 Å². The molecule has 1 saturated heterocycles. The number of nitrogens with one attached hydrogen (secondary N) is 1. The number of carbonyl (C=O) groups is 1. The van der Waals surface area contributed by atoms with E-state index in [1.807, 2.05) is 36.1 Å². The zero-order valence-corrected chi connectivity index (χ0v) is 15.1. The molecule has 1 aliphatic heterocycles. The van der Waals surface area contributed by atoms with Crippen molar-refractivity contribution in [1.82, 2.24) is 30.0 Å². The number of anilines is 1. The second kappa shape index (κ2) is 7.14. The van der Waals surface area contributed by atoms with E-state index < -0.39 is 0 Å². The number of aryl methyl sites for hydroxylation is 1. The van der Waals surface area contributed by atoms with Gasteiger partial charge in [-0.05, 0) is 37.5 Å². The Morgan fingerprint density at radius 1 is 1.26 bits per heavy atom. The van der Waals surface area contributed by atoms with Crippen LogP contribution >= 0.6 is 0 Å². The molecule has 0 unspecified atom stereocenters. The molecule has 27 heavy (non-hydrogen) atoms. The Bertz CT molecular complexity index is 951. The summed E-state index contributed by atoms with van der Waals surface area (Å²) in [6.45, 7) is 3.26. The molecule has 0 aliphatic carbocycles. The third-order valence-corrected chi connectivity index (χ3v) is 4.80. The monoisotopic (exact) mass is 363 g/mol. The summed E-state index contributed by atoms with van der Waals surface area (Å²) in [6.07, 6.45) is 5.25. The van der Waals surface area contributed by atoms with Crippen LogP contribution in [0.15, 0.2) is 36.7 Å². The van der Waals surface area contributed by atoms with E-state index in [2.05, 4.69) is 25.1 Å². The standard InChI is InChI=1S/C19H21N7O/c1-12-23-17(25-24-12)15-6-3-7-26(11-15)18(27)14-5-2-4-13(8-14)16-9-21-19(20)22-10-16/h2,4-5,8-10,15H,3,6-7,11H2,1H3,(H2,20,21,22)(H,23,24,25)/t15-/m1/s1. The Kier molecular flexibility index (Phi) is 4.53. The highest BCUT2D eigenvalue weighted by Gasteiger charge is 2.27. The van der Waals surface area contributed by atoms with Crippen LogP contribution in [0.2, 0.25) is 0 Å². The maximum Gasteiger partial charge on any atom is 0.253 e. The van der Waals surface area contributed by atoms with Crippen LogP contribution < -0.4 is 5.73 Å². The summed E-state index contributed by atoms with van der Waals surface area (Å²) in [5.74, 6) is 2.00. The molecule has 138 valence electrons. The van der Waals surface area contributed by atoms with Gasteiger partial charge in [-0.25, -0.2) is 15.0 Å². The van der Waals surface area contributed by atoms with E-state index in [0.717, 1.165) is 42.2 Å². The van der Waals surface area contributed by atoms with Crippen molar-refractivity contribution < 1.29 is 4.79 Å². The summed E-state index contributed by atoms with van der Waals surface area (Å²) < 4.78 is 0. The van der Waals surface area contributed by atoms with Gasteiger partial charge >= 0.3 is 0 Å². The smallest absolute Gasteiger partial charge is 0.253 e. The van der Waals surface area contributed by atoms with Gasteiger partial charge in [0.2, 0.25) is 5.95 Å². The van der Waals surface area contributed by atoms with E-state index in [-0.39, 0.29) is 17.8 Å². The minimum absolute atomic E-state index is 0.0187. The number of nitrogens with two attached hydrogens (primary N) is 1. The molecule has 4 rings (SSSR count). The summed E-state index contributed by atoms with van der Waals surface area (Å²) in [4.78, 5) is 27.4. The summed E-state index contributed by atoms with van der Waals surface area (Å²) in [6, 6.07) is 7.52. The fourth-order valence-electron chi connectivity index (χ4n) is 3.42. The van der Waals surface area contributed by atoms with Gasteiger partial charge in [0.1, 0.15) is 5.82 Å². The molecule has 3 heterocycles. The highest BCUT2D eigenvalue weighted by Crippen LogP contribution is 2.26. The number of hydrogen-bond donors (Lipinski definition) is 2. The van der Waals surface area contributed by atoms with Crippen LogP contribution in [0.25, 0.3) is 11.1 Å². The molecule has 0 saturated carbocycles. The number of rotatable bonds is 3. The molecule has 8 heteroatoms. The average molecular weight is 363 g/mol. The number of piperidine rings is 1. The van der Waals surface area contributed by atoms with Crippen molar-refractivity contribution >= 4 is 11.9 Å². The Morgan fingerprint density at radius 2 is 2.07 bits per heavy atom. The normalized spacial score (nSPS) is 17.1. The molecule has 2 aromatic heterocycles. The quantitative estimate of drug-likeness (QED) is 0.737. The third kappa shape index (κ3) is 3.64. The second-order valence-electron chi connectivity index (χ2n) is 6.78.